The number of nitrogens with zero attached hydrogens (tertiary/aromatic N) is 2. The maximum atomic E-state index is 5.79. The standard InChI is InChI=1S/C15H25N3O/c1-16-14(15-7-4-10-19-15)11-12-8-9-18(17-12)13-5-2-3-6-13/h8-9,13-16H,2-7,10-11H2,1H3. The minimum atomic E-state index is 0.363. The van der Waals surface area contributed by atoms with Gasteiger partial charge >= 0.3 is 0 Å². The Morgan fingerprint density at radius 2 is 2.21 bits per heavy atom. The topological polar surface area (TPSA) is 39.1 Å². The lowest BCUT2D eigenvalue weighted by Gasteiger charge is -2.21. The van der Waals surface area contributed by atoms with Crippen LogP contribution in [0.2, 0.25) is 0 Å². The first-order valence-electron chi connectivity index (χ1n) is 7.69. The lowest BCUT2D eigenvalue weighted by molar-refractivity contribution is 0.0805. The van der Waals surface area contributed by atoms with E-state index in [4.69, 9.17) is 9.84 Å². The molecule has 1 aromatic heterocycles. The van der Waals surface area contributed by atoms with E-state index in [1.165, 1.54) is 44.2 Å². The van der Waals surface area contributed by atoms with Crippen molar-refractivity contribution in [1.82, 2.24) is 15.1 Å². The fourth-order valence-electron chi connectivity index (χ4n) is 3.42. The molecule has 1 aliphatic carbocycles. The van der Waals surface area contributed by atoms with E-state index in [0.717, 1.165) is 13.0 Å². The van der Waals surface area contributed by atoms with Crippen LogP contribution >= 0.6 is 0 Å². The average Bonchev–Trinajstić information content (AvgIpc) is 3.15. The van der Waals surface area contributed by atoms with Crippen LogP contribution < -0.4 is 5.32 Å². The molecule has 106 valence electrons. The van der Waals surface area contributed by atoms with E-state index in [1.54, 1.807) is 0 Å². The molecule has 1 saturated heterocycles. The van der Waals surface area contributed by atoms with Gasteiger partial charge in [0, 0.05) is 25.3 Å². The van der Waals surface area contributed by atoms with Gasteiger partial charge in [-0.1, -0.05) is 12.8 Å². The van der Waals surface area contributed by atoms with Crippen LogP contribution in [-0.2, 0) is 11.2 Å². The summed E-state index contributed by atoms with van der Waals surface area (Å²) in [5.41, 5.74) is 1.20. The van der Waals surface area contributed by atoms with Crippen molar-refractivity contribution >= 4 is 0 Å². The summed E-state index contributed by atoms with van der Waals surface area (Å²) in [4.78, 5) is 0. The summed E-state index contributed by atoms with van der Waals surface area (Å²) in [5.74, 6) is 0. The van der Waals surface area contributed by atoms with Gasteiger partial charge in [0.05, 0.1) is 17.8 Å². The number of ether oxygens (including phenoxy) is 1. The third-order valence-corrected chi connectivity index (χ3v) is 4.58. The van der Waals surface area contributed by atoms with E-state index in [1.807, 2.05) is 7.05 Å². The molecule has 2 unspecified atom stereocenters. The van der Waals surface area contributed by atoms with Crippen LogP contribution in [0.4, 0.5) is 0 Å². The molecule has 2 atom stereocenters. The molecule has 1 saturated carbocycles. The molecule has 1 aliphatic heterocycles. The largest absolute Gasteiger partial charge is 0.377 e. The molecule has 3 rings (SSSR count). The molecular weight excluding hydrogens is 238 g/mol. The SMILES string of the molecule is CNC(Cc1ccn(C2CCCC2)n1)C1CCCO1. The maximum Gasteiger partial charge on any atom is 0.0732 e. The summed E-state index contributed by atoms with van der Waals surface area (Å²) in [7, 11) is 2.03. The highest BCUT2D eigenvalue weighted by atomic mass is 16.5. The third kappa shape index (κ3) is 3.00. The molecule has 4 nitrogen and oxygen atoms in total. The number of hydrogen-bond donors (Lipinski definition) is 1. The second kappa shape index (κ2) is 6.06. The molecule has 0 aromatic carbocycles. The van der Waals surface area contributed by atoms with Gasteiger partial charge in [0.25, 0.3) is 0 Å². The van der Waals surface area contributed by atoms with E-state index in [2.05, 4.69) is 22.3 Å². The molecule has 2 heterocycles. The van der Waals surface area contributed by atoms with Crippen molar-refractivity contribution in [3.63, 3.8) is 0 Å². The van der Waals surface area contributed by atoms with Crippen molar-refractivity contribution in [2.75, 3.05) is 13.7 Å². The maximum absolute atomic E-state index is 5.79. The van der Waals surface area contributed by atoms with E-state index in [9.17, 15) is 0 Å². The lowest BCUT2D eigenvalue weighted by atomic mass is 10.0. The average molecular weight is 263 g/mol. The van der Waals surface area contributed by atoms with Gasteiger partial charge in [0.1, 0.15) is 0 Å². The van der Waals surface area contributed by atoms with Gasteiger partial charge in [0.2, 0.25) is 0 Å². The molecule has 0 spiro atoms. The Hall–Kier alpha value is -0.870. The molecule has 0 radical (unpaired) electrons. The molecule has 19 heavy (non-hydrogen) atoms. The highest BCUT2D eigenvalue weighted by Crippen LogP contribution is 2.29. The van der Waals surface area contributed by atoms with Crippen molar-refractivity contribution in [1.29, 1.82) is 0 Å². The molecule has 1 N–H and O–H groups in total. The monoisotopic (exact) mass is 263 g/mol. The van der Waals surface area contributed by atoms with Gasteiger partial charge < -0.3 is 10.1 Å². The molecular formula is C15H25N3O. The fourth-order valence-corrected chi connectivity index (χ4v) is 3.42. The Morgan fingerprint density at radius 1 is 1.37 bits per heavy atom. The Balaban J connectivity index is 1.61. The predicted octanol–water partition coefficient (Wildman–Crippen LogP) is 2.31. The zero-order chi connectivity index (χ0) is 13.1. The molecule has 0 bridgehead atoms. The number of nitrogens with one attached hydrogen (secondary N) is 1. The van der Waals surface area contributed by atoms with Gasteiger partial charge in [-0.2, -0.15) is 5.10 Å². The van der Waals surface area contributed by atoms with Crippen LogP contribution in [0.25, 0.3) is 0 Å². The number of rotatable bonds is 5. The predicted molar refractivity (Wildman–Crippen MR) is 75.3 cm³/mol. The van der Waals surface area contributed by atoms with Gasteiger partial charge in [-0.05, 0) is 38.8 Å². The molecule has 1 aromatic rings. The summed E-state index contributed by atoms with van der Waals surface area (Å²) in [6.45, 7) is 0.916. The molecule has 2 aliphatic rings. The van der Waals surface area contributed by atoms with Crippen LogP contribution in [0.15, 0.2) is 12.3 Å². The van der Waals surface area contributed by atoms with Gasteiger partial charge in [-0.25, -0.2) is 0 Å². The fraction of sp³-hybridized carbons (Fsp3) is 0.800. The van der Waals surface area contributed by atoms with Gasteiger partial charge in [-0.15, -0.1) is 0 Å². The van der Waals surface area contributed by atoms with E-state index < -0.39 is 0 Å². The first-order chi connectivity index (χ1) is 9.36. The smallest absolute Gasteiger partial charge is 0.0732 e. The minimum absolute atomic E-state index is 0.363. The van der Waals surface area contributed by atoms with Gasteiger partial charge in [0.15, 0.2) is 0 Å². The van der Waals surface area contributed by atoms with Crippen LogP contribution in [0.3, 0.4) is 0 Å². The number of likely N-dealkylation sites (N-methyl/N-ethyl adjacent to an activating group) is 1. The zero-order valence-electron chi connectivity index (χ0n) is 11.8. The van der Waals surface area contributed by atoms with Crippen molar-refractivity contribution in [3.8, 4) is 0 Å². The highest BCUT2D eigenvalue weighted by molar-refractivity contribution is 5.04. The molecule has 4 heteroatoms. The first-order valence-corrected chi connectivity index (χ1v) is 7.69. The zero-order valence-corrected chi connectivity index (χ0v) is 11.8. The normalized spacial score (nSPS) is 26.1. The van der Waals surface area contributed by atoms with Crippen LogP contribution in [0, 0.1) is 0 Å². The molecule has 0 amide bonds. The summed E-state index contributed by atoms with van der Waals surface area (Å²) in [6, 6.07) is 3.22. The van der Waals surface area contributed by atoms with Crippen molar-refractivity contribution in [2.24, 2.45) is 0 Å². The van der Waals surface area contributed by atoms with Crippen LogP contribution in [0.5, 0.6) is 0 Å². The van der Waals surface area contributed by atoms with Crippen molar-refractivity contribution < 1.29 is 4.74 Å². The lowest BCUT2D eigenvalue weighted by Crippen LogP contribution is -2.39. The van der Waals surface area contributed by atoms with Gasteiger partial charge in [-0.3, -0.25) is 4.68 Å². The third-order valence-electron chi connectivity index (χ3n) is 4.58. The van der Waals surface area contributed by atoms with Crippen LogP contribution in [-0.4, -0.2) is 35.6 Å². The number of hydrogen-bond acceptors (Lipinski definition) is 3. The number of aromatic nitrogens is 2. The van der Waals surface area contributed by atoms with Crippen molar-refractivity contribution in [2.45, 2.75) is 63.1 Å². The second-order valence-electron chi connectivity index (χ2n) is 5.88. The quantitative estimate of drug-likeness (QED) is 0.886. The Morgan fingerprint density at radius 3 is 2.89 bits per heavy atom. The Kier molecular flexibility index (Phi) is 4.18. The Labute approximate surface area is 115 Å². The van der Waals surface area contributed by atoms with E-state index in [0.29, 0.717) is 18.2 Å². The second-order valence-corrected chi connectivity index (χ2v) is 5.88. The Bertz CT molecular complexity index is 392. The summed E-state index contributed by atoms with van der Waals surface area (Å²) in [5, 5.41) is 8.17. The summed E-state index contributed by atoms with van der Waals surface area (Å²) in [6.07, 6.45) is 11.2. The summed E-state index contributed by atoms with van der Waals surface area (Å²) >= 11 is 0. The van der Waals surface area contributed by atoms with Crippen molar-refractivity contribution in [3.05, 3.63) is 18.0 Å². The summed E-state index contributed by atoms with van der Waals surface area (Å²) < 4.78 is 7.97. The highest BCUT2D eigenvalue weighted by Gasteiger charge is 2.26. The molecule has 2 fully saturated rings. The van der Waals surface area contributed by atoms with E-state index in [-0.39, 0.29) is 0 Å². The van der Waals surface area contributed by atoms with Crippen LogP contribution in [0.1, 0.15) is 50.3 Å². The van der Waals surface area contributed by atoms with E-state index >= 15 is 0 Å². The first kappa shape index (κ1) is 13.1. The minimum Gasteiger partial charge on any atom is -0.377 e.